The first kappa shape index (κ1) is 13.5. The molecular formula is C16H15NO4. The molecule has 5 heteroatoms. The molecule has 21 heavy (non-hydrogen) atoms. The SMILES string of the molecule is O=C(NC(CO)c1ccco1)C1=Cc2ccccc2OC1. The van der Waals surface area contributed by atoms with Crippen LogP contribution in [0.4, 0.5) is 0 Å². The van der Waals surface area contributed by atoms with Gasteiger partial charge in [-0.15, -0.1) is 0 Å². The molecule has 1 atom stereocenters. The molecular weight excluding hydrogens is 270 g/mol. The Morgan fingerprint density at radius 3 is 2.90 bits per heavy atom. The number of furan rings is 1. The van der Waals surface area contributed by atoms with Gasteiger partial charge in [0.15, 0.2) is 0 Å². The molecule has 1 aromatic carbocycles. The summed E-state index contributed by atoms with van der Waals surface area (Å²) in [5.74, 6) is 1.00. The Kier molecular flexibility index (Phi) is 3.75. The van der Waals surface area contributed by atoms with Crippen molar-refractivity contribution in [3.8, 4) is 5.75 Å². The molecule has 1 unspecified atom stereocenters. The predicted molar refractivity (Wildman–Crippen MR) is 76.6 cm³/mol. The summed E-state index contributed by atoms with van der Waals surface area (Å²) in [5.41, 5.74) is 1.38. The molecule has 1 aliphatic heterocycles. The Morgan fingerprint density at radius 2 is 2.14 bits per heavy atom. The summed E-state index contributed by atoms with van der Waals surface area (Å²) in [6.07, 6.45) is 3.30. The number of nitrogens with one attached hydrogen (secondary N) is 1. The van der Waals surface area contributed by atoms with E-state index in [1.165, 1.54) is 6.26 Å². The number of hydrogen-bond acceptors (Lipinski definition) is 4. The number of hydrogen-bond donors (Lipinski definition) is 2. The van der Waals surface area contributed by atoms with E-state index in [4.69, 9.17) is 9.15 Å². The fourth-order valence-electron chi connectivity index (χ4n) is 2.19. The first-order valence-corrected chi connectivity index (χ1v) is 6.65. The molecule has 5 nitrogen and oxygen atoms in total. The van der Waals surface area contributed by atoms with Crippen LogP contribution in [0.25, 0.3) is 6.08 Å². The van der Waals surface area contributed by atoms with Gasteiger partial charge in [-0.3, -0.25) is 4.79 Å². The van der Waals surface area contributed by atoms with Gasteiger partial charge in [-0.25, -0.2) is 0 Å². The van der Waals surface area contributed by atoms with Gasteiger partial charge in [-0.2, -0.15) is 0 Å². The smallest absolute Gasteiger partial charge is 0.251 e. The molecule has 0 radical (unpaired) electrons. The van der Waals surface area contributed by atoms with Gasteiger partial charge in [-0.05, 0) is 24.3 Å². The van der Waals surface area contributed by atoms with E-state index in [9.17, 15) is 9.90 Å². The molecule has 2 heterocycles. The third-order valence-corrected chi connectivity index (χ3v) is 3.30. The van der Waals surface area contributed by atoms with Crippen LogP contribution in [0.15, 0.2) is 52.7 Å². The summed E-state index contributed by atoms with van der Waals surface area (Å²) in [6, 6.07) is 10.4. The molecule has 0 bridgehead atoms. The van der Waals surface area contributed by atoms with Gasteiger partial charge in [0.05, 0.1) is 18.4 Å². The van der Waals surface area contributed by atoms with Crippen LogP contribution in [0.5, 0.6) is 5.75 Å². The average Bonchev–Trinajstić information content (AvgIpc) is 3.06. The Balaban J connectivity index is 1.76. The molecule has 3 rings (SSSR count). The number of aliphatic hydroxyl groups is 1. The van der Waals surface area contributed by atoms with Crippen molar-refractivity contribution in [1.82, 2.24) is 5.32 Å². The zero-order chi connectivity index (χ0) is 14.7. The molecule has 0 fully saturated rings. The molecule has 1 amide bonds. The molecule has 0 aliphatic carbocycles. The van der Waals surface area contributed by atoms with Gasteiger partial charge < -0.3 is 19.6 Å². The third kappa shape index (κ3) is 2.83. The van der Waals surface area contributed by atoms with E-state index in [0.29, 0.717) is 11.3 Å². The number of para-hydroxylation sites is 1. The average molecular weight is 285 g/mol. The van der Waals surface area contributed by atoms with E-state index in [-0.39, 0.29) is 19.1 Å². The van der Waals surface area contributed by atoms with Crippen LogP contribution in [0.2, 0.25) is 0 Å². The molecule has 0 saturated heterocycles. The van der Waals surface area contributed by atoms with Crippen molar-refractivity contribution in [1.29, 1.82) is 0 Å². The van der Waals surface area contributed by atoms with Gasteiger partial charge in [0, 0.05) is 5.56 Å². The van der Waals surface area contributed by atoms with Crippen molar-refractivity contribution < 1.29 is 19.1 Å². The number of aliphatic hydroxyl groups excluding tert-OH is 1. The number of ether oxygens (including phenoxy) is 1. The largest absolute Gasteiger partial charge is 0.488 e. The number of fused-ring (bicyclic) bond motifs is 1. The van der Waals surface area contributed by atoms with E-state index in [0.717, 1.165) is 11.3 Å². The summed E-state index contributed by atoms with van der Waals surface area (Å²) < 4.78 is 10.8. The number of carbonyl (C=O) groups excluding carboxylic acids is 1. The number of benzene rings is 1. The maximum Gasteiger partial charge on any atom is 0.251 e. The Hall–Kier alpha value is -2.53. The first-order chi connectivity index (χ1) is 10.3. The Labute approximate surface area is 121 Å². The maximum absolute atomic E-state index is 12.3. The normalized spacial score (nSPS) is 14.6. The van der Waals surface area contributed by atoms with E-state index in [1.54, 1.807) is 18.2 Å². The summed E-state index contributed by atoms with van der Waals surface area (Å²) in [4.78, 5) is 12.3. The van der Waals surface area contributed by atoms with Crippen LogP contribution >= 0.6 is 0 Å². The lowest BCUT2D eigenvalue weighted by Gasteiger charge is -2.19. The quantitative estimate of drug-likeness (QED) is 0.900. The number of amides is 1. The highest BCUT2D eigenvalue weighted by Gasteiger charge is 2.21. The van der Waals surface area contributed by atoms with E-state index >= 15 is 0 Å². The highest BCUT2D eigenvalue weighted by molar-refractivity contribution is 5.99. The topological polar surface area (TPSA) is 71.7 Å². The summed E-state index contributed by atoms with van der Waals surface area (Å²) >= 11 is 0. The van der Waals surface area contributed by atoms with E-state index in [1.807, 2.05) is 24.3 Å². The van der Waals surface area contributed by atoms with E-state index in [2.05, 4.69) is 5.32 Å². The van der Waals surface area contributed by atoms with Crippen molar-refractivity contribution in [2.24, 2.45) is 0 Å². The van der Waals surface area contributed by atoms with Gasteiger partial charge in [0.2, 0.25) is 0 Å². The van der Waals surface area contributed by atoms with Crippen LogP contribution in [0.3, 0.4) is 0 Å². The number of carbonyl (C=O) groups is 1. The van der Waals surface area contributed by atoms with Gasteiger partial charge in [0.1, 0.15) is 24.2 Å². The molecule has 108 valence electrons. The van der Waals surface area contributed by atoms with Crippen LogP contribution in [-0.4, -0.2) is 24.2 Å². The van der Waals surface area contributed by atoms with Crippen molar-refractivity contribution in [3.63, 3.8) is 0 Å². The fourth-order valence-corrected chi connectivity index (χ4v) is 2.19. The molecule has 2 N–H and O–H groups in total. The standard InChI is InChI=1S/C16H15NO4/c18-9-13(15-6-3-7-20-15)17-16(19)12-8-11-4-1-2-5-14(11)21-10-12/h1-8,13,18H,9-10H2,(H,17,19). The van der Waals surface area contributed by atoms with Gasteiger partial charge >= 0.3 is 0 Å². The lowest BCUT2D eigenvalue weighted by Crippen LogP contribution is -2.33. The highest BCUT2D eigenvalue weighted by Crippen LogP contribution is 2.26. The molecule has 0 spiro atoms. The minimum atomic E-state index is -0.564. The van der Waals surface area contributed by atoms with Crippen LogP contribution < -0.4 is 10.1 Å². The van der Waals surface area contributed by atoms with Crippen molar-refractivity contribution in [2.45, 2.75) is 6.04 Å². The van der Waals surface area contributed by atoms with Crippen molar-refractivity contribution >= 4 is 12.0 Å². The molecule has 0 saturated carbocycles. The third-order valence-electron chi connectivity index (χ3n) is 3.30. The predicted octanol–water partition coefficient (Wildman–Crippen LogP) is 1.91. The zero-order valence-electron chi connectivity index (χ0n) is 11.3. The Morgan fingerprint density at radius 1 is 1.29 bits per heavy atom. The lowest BCUT2D eigenvalue weighted by atomic mass is 10.1. The van der Waals surface area contributed by atoms with Crippen LogP contribution in [0, 0.1) is 0 Å². The molecule has 1 aromatic heterocycles. The summed E-state index contributed by atoms with van der Waals surface area (Å²) in [6.45, 7) is -0.0247. The zero-order valence-corrected chi connectivity index (χ0v) is 11.3. The van der Waals surface area contributed by atoms with Crippen LogP contribution in [-0.2, 0) is 4.79 Å². The first-order valence-electron chi connectivity index (χ1n) is 6.65. The minimum Gasteiger partial charge on any atom is -0.488 e. The monoisotopic (exact) mass is 285 g/mol. The molecule has 1 aliphatic rings. The number of rotatable bonds is 4. The maximum atomic E-state index is 12.3. The fraction of sp³-hybridized carbons (Fsp3) is 0.188. The summed E-state index contributed by atoms with van der Waals surface area (Å²) in [7, 11) is 0. The van der Waals surface area contributed by atoms with Crippen LogP contribution in [0.1, 0.15) is 17.4 Å². The minimum absolute atomic E-state index is 0.207. The van der Waals surface area contributed by atoms with Gasteiger partial charge in [-0.1, -0.05) is 18.2 Å². The lowest BCUT2D eigenvalue weighted by molar-refractivity contribution is -0.119. The van der Waals surface area contributed by atoms with E-state index < -0.39 is 6.04 Å². The second-order valence-corrected chi connectivity index (χ2v) is 4.72. The molecule has 2 aromatic rings. The second-order valence-electron chi connectivity index (χ2n) is 4.72. The highest BCUT2D eigenvalue weighted by atomic mass is 16.5. The Bertz CT molecular complexity index is 661. The van der Waals surface area contributed by atoms with Crippen molar-refractivity contribution in [2.75, 3.05) is 13.2 Å². The second kappa shape index (κ2) is 5.85. The summed E-state index contributed by atoms with van der Waals surface area (Å²) in [5, 5.41) is 12.1. The van der Waals surface area contributed by atoms with Gasteiger partial charge in [0.25, 0.3) is 5.91 Å². The van der Waals surface area contributed by atoms with Crippen molar-refractivity contribution in [3.05, 3.63) is 59.6 Å².